The average molecular weight is 412 g/mol. The molecular weight excluding hydrogens is 386 g/mol. The van der Waals surface area contributed by atoms with Gasteiger partial charge in [-0.2, -0.15) is 5.10 Å². The van der Waals surface area contributed by atoms with Gasteiger partial charge >= 0.3 is 0 Å². The van der Waals surface area contributed by atoms with E-state index in [0.717, 1.165) is 36.9 Å². The van der Waals surface area contributed by atoms with Crippen molar-refractivity contribution in [3.05, 3.63) is 53.3 Å². The van der Waals surface area contributed by atoms with E-state index in [0.29, 0.717) is 17.2 Å². The standard InChI is InChI=1S/C21H25N5O2S/c1-14-8-10-17(11-9-14)19-12-13-20(23-22-19)26-16(3)21(15(2)24-26)29(27,28)25-18-6-4-5-7-18/h8-13,18,25H,4-7H2,1-3H3. The highest BCUT2D eigenvalue weighted by atomic mass is 32.2. The molecule has 2 heterocycles. The van der Waals surface area contributed by atoms with Crippen molar-refractivity contribution in [2.24, 2.45) is 0 Å². The zero-order valence-corrected chi connectivity index (χ0v) is 17.7. The van der Waals surface area contributed by atoms with Gasteiger partial charge in [-0.05, 0) is 45.7 Å². The maximum atomic E-state index is 12.9. The fourth-order valence-corrected chi connectivity index (χ4v) is 5.58. The highest BCUT2D eigenvalue weighted by Gasteiger charge is 2.29. The molecule has 1 N–H and O–H groups in total. The van der Waals surface area contributed by atoms with Crippen molar-refractivity contribution in [2.45, 2.75) is 57.4 Å². The van der Waals surface area contributed by atoms with Crippen LogP contribution in [-0.4, -0.2) is 34.4 Å². The van der Waals surface area contributed by atoms with Crippen molar-refractivity contribution in [1.82, 2.24) is 24.7 Å². The second kappa shape index (κ2) is 7.68. The third kappa shape index (κ3) is 3.95. The van der Waals surface area contributed by atoms with Crippen LogP contribution in [-0.2, 0) is 10.0 Å². The van der Waals surface area contributed by atoms with Gasteiger partial charge in [-0.1, -0.05) is 42.7 Å². The van der Waals surface area contributed by atoms with E-state index in [9.17, 15) is 8.42 Å². The first-order chi connectivity index (χ1) is 13.8. The Balaban J connectivity index is 1.64. The molecule has 0 atom stereocenters. The summed E-state index contributed by atoms with van der Waals surface area (Å²) in [6, 6.07) is 11.7. The van der Waals surface area contributed by atoms with Gasteiger partial charge in [0.25, 0.3) is 0 Å². The minimum absolute atomic E-state index is 0.00994. The summed E-state index contributed by atoms with van der Waals surface area (Å²) < 4.78 is 30.3. The topological polar surface area (TPSA) is 89.8 Å². The molecule has 0 amide bonds. The van der Waals surface area contributed by atoms with E-state index in [1.807, 2.05) is 43.3 Å². The zero-order chi connectivity index (χ0) is 20.6. The summed E-state index contributed by atoms with van der Waals surface area (Å²) >= 11 is 0. The maximum absolute atomic E-state index is 12.9. The molecular formula is C21H25N5O2S. The molecule has 152 valence electrons. The number of aryl methyl sites for hydroxylation is 2. The number of hydrogen-bond donors (Lipinski definition) is 1. The number of hydrogen-bond acceptors (Lipinski definition) is 5. The molecule has 0 saturated heterocycles. The molecule has 1 aliphatic carbocycles. The molecule has 1 saturated carbocycles. The van der Waals surface area contributed by atoms with Gasteiger partial charge in [0.15, 0.2) is 5.82 Å². The van der Waals surface area contributed by atoms with Crippen LogP contribution < -0.4 is 4.72 Å². The van der Waals surface area contributed by atoms with Gasteiger partial charge < -0.3 is 0 Å². The van der Waals surface area contributed by atoms with Crippen LogP contribution in [0.5, 0.6) is 0 Å². The normalized spacial score (nSPS) is 15.1. The lowest BCUT2D eigenvalue weighted by atomic mass is 10.1. The number of benzene rings is 1. The fraction of sp³-hybridized carbons (Fsp3) is 0.381. The molecule has 8 heteroatoms. The summed E-state index contributed by atoms with van der Waals surface area (Å²) in [5.74, 6) is 0.490. The van der Waals surface area contributed by atoms with Crippen LogP contribution in [0.2, 0.25) is 0 Å². The Morgan fingerprint density at radius 3 is 2.28 bits per heavy atom. The number of sulfonamides is 1. The van der Waals surface area contributed by atoms with E-state index in [4.69, 9.17) is 0 Å². The summed E-state index contributed by atoms with van der Waals surface area (Å²) in [5.41, 5.74) is 3.90. The van der Waals surface area contributed by atoms with Gasteiger partial charge in [-0.25, -0.2) is 17.8 Å². The minimum atomic E-state index is -3.63. The van der Waals surface area contributed by atoms with Crippen LogP contribution >= 0.6 is 0 Å². The van der Waals surface area contributed by atoms with Gasteiger partial charge in [0.2, 0.25) is 10.0 Å². The second-order valence-corrected chi connectivity index (χ2v) is 9.31. The lowest BCUT2D eigenvalue weighted by Gasteiger charge is -2.12. The fourth-order valence-electron chi connectivity index (χ4n) is 3.88. The number of nitrogens with zero attached hydrogens (tertiary/aromatic N) is 4. The molecule has 29 heavy (non-hydrogen) atoms. The molecule has 2 aromatic heterocycles. The van der Waals surface area contributed by atoms with Crippen LogP contribution in [0.25, 0.3) is 17.1 Å². The lowest BCUT2D eigenvalue weighted by Crippen LogP contribution is -2.33. The number of aromatic nitrogens is 4. The van der Waals surface area contributed by atoms with E-state index >= 15 is 0 Å². The molecule has 7 nitrogen and oxygen atoms in total. The van der Waals surface area contributed by atoms with E-state index in [-0.39, 0.29) is 10.9 Å². The van der Waals surface area contributed by atoms with Crippen molar-refractivity contribution in [1.29, 1.82) is 0 Å². The van der Waals surface area contributed by atoms with Crippen molar-refractivity contribution in [2.75, 3.05) is 0 Å². The summed E-state index contributed by atoms with van der Waals surface area (Å²) in [5, 5.41) is 13.0. The van der Waals surface area contributed by atoms with Gasteiger partial charge in [0, 0.05) is 11.6 Å². The molecule has 0 aliphatic heterocycles. The van der Waals surface area contributed by atoms with E-state index in [1.54, 1.807) is 18.5 Å². The third-order valence-corrected chi connectivity index (χ3v) is 7.16. The molecule has 0 unspecified atom stereocenters. The van der Waals surface area contributed by atoms with Crippen LogP contribution in [0.15, 0.2) is 41.3 Å². The largest absolute Gasteiger partial charge is 0.244 e. The highest BCUT2D eigenvalue weighted by molar-refractivity contribution is 7.89. The number of rotatable bonds is 5. The molecule has 3 aromatic rings. The molecule has 1 fully saturated rings. The van der Waals surface area contributed by atoms with E-state index < -0.39 is 10.0 Å². The second-order valence-electron chi connectivity index (χ2n) is 7.66. The predicted molar refractivity (Wildman–Crippen MR) is 111 cm³/mol. The van der Waals surface area contributed by atoms with Crippen LogP contribution in [0.1, 0.15) is 42.6 Å². The average Bonchev–Trinajstić information content (AvgIpc) is 3.29. The highest BCUT2D eigenvalue weighted by Crippen LogP contribution is 2.25. The molecule has 1 aromatic carbocycles. The smallest absolute Gasteiger partial charge is 0.216 e. The van der Waals surface area contributed by atoms with Crippen molar-refractivity contribution in [3.8, 4) is 17.1 Å². The lowest BCUT2D eigenvalue weighted by molar-refractivity contribution is 0.551. The Hall–Kier alpha value is -2.58. The first-order valence-electron chi connectivity index (χ1n) is 9.85. The molecule has 0 radical (unpaired) electrons. The monoisotopic (exact) mass is 411 g/mol. The van der Waals surface area contributed by atoms with Gasteiger partial charge in [0.1, 0.15) is 4.90 Å². The predicted octanol–water partition coefficient (Wildman–Crippen LogP) is 3.48. The summed E-state index contributed by atoms with van der Waals surface area (Å²) in [7, 11) is -3.63. The summed E-state index contributed by atoms with van der Waals surface area (Å²) in [6.07, 6.45) is 3.90. The van der Waals surface area contributed by atoms with Crippen molar-refractivity contribution >= 4 is 10.0 Å². The van der Waals surface area contributed by atoms with E-state index in [2.05, 4.69) is 20.0 Å². The van der Waals surface area contributed by atoms with Gasteiger partial charge in [-0.3, -0.25) is 0 Å². The minimum Gasteiger partial charge on any atom is -0.216 e. The van der Waals surface area contributed by atoms with Crippen molar-refractivity contribution < 1.29 is 8.42 Å². The number of nitrogens with one attached hydrogen (secondary N) is 1. The molecule has 0 bridgehead atoms. The van der Waals surface area contributed by atoms with E-state index in [1.165, 1.54) is 5.56 Å². The first-order valence-corrected chi connectivity index (χ1v) is 11.3. The van der Waals surface area contributed by atoms with Gasteiger partial charge in [-0.15, -0.1) is 10.2 Å². The zero-order valence-electron chi connectivity index (χ0n) is 16.9. The first kappa shape index (κ1) is 19.7. The maximum Gasteiger partial charge on any atom is 0.244 e. The molecule has 4 rings (SSSR count). The quantitative estimate of drug-likeness (QED) is 0.694. The third-order valence-electron chi connectivity index (χ3n) is 5.39. The van der Waals surface area contributed by atoms with Crippen LogP contribution in [0, 0.1) is 20.8 Å². The summed E-state index contributed by atoms with van der Waals surface area (Å²) in [4.78, 5) is 0.230. The summed E-state index contributed by atoms with van der Waals surface area (Å²) in [6.45, 7) is 5.49. The SMILES string of the molecule is Cc1ccc(-c2ccc(-n3nc(C)c(S(=O)(=O)NC4CCCC4)c3C)nn2)cc1. The van der Waals surface area contributed by atoms with Crippen molar-refractivity contribution in [3.63, 3.8) is 0 Å². The molecule has 1 aliphatic rings. The van der Waals surface area contributed by atoms with Crippen LogP contribution in [0.3, 0.4) is 0 Å². The Kier molecular flexibility index (Phi) is 5.23. The Morgan fingerprint density at radius 1 is 0.966 bits per heavy atom. The Labute approximate surface area is 171 Å². The Bertz CT molecular complexity index is 1110. The molecule has 0 spiro atoms. The van der Waals surface area contributed by atoms with Gasteiger partial charge in [0.05, 0.1) is 17.1 Å². The Morgan fingerprint density at radius 2 is 1.66 bits per heavy atom. The van der Waals surface area contributed by atoms with Crippen LogP contribution in [0.4, 0.5) is 0 Å².